The van der Waals surface area contributed by atoms with E-state index in [0.717, 1.165) is 25.6 Å². The van der Waals surface area contributed by atoms with Crippen LogP contribution in [0.15, 0.2) is 0 Å². The number of nitrogens with one attached hydrogen (secondary N) is 2. The van der Waals surface area contributed by atoms with Gasteiger partial charge in [0.15, 0.2) is 0 Å². The van der Waals surface area contributed by atoms with Gasteiger partial charge >= 0.3 is 0 Å². The van der Waals surface area contributed by atoms with Gasteiger partial charge in [-0.05, 0) is 19.8 Å². The molecule has 0 amide bonds. The Hall–Kier alpha value is -0.870. The lowest BCUT2D eigenvalue weighted by Gasteiger charge is -2.24. The molecule has 0 spiro atoms. The third kappa shape index (κ3) is 1.76. The van der Waals surface area contributed by atoms with Crippen LogP contribution in [0.5, 0.6) is 0 Å². The van der Waals surface area contributed by atoms with E-state index in [9.17, 15) is 0 Å². The van der Waals surface area contributed by atoms with Crippen molar-refractivity contribution < 1.29 is 4.74 Å². The van der Waals surface area contributed by atoms with Gasteiger partial charge in [-0.15, -0.1) is 0 Å². The van der Waals surface area contributed by atoms with Crippen LogP contribution in [0.2, 0.25) is 0 Å². The van der Waals surface area contributed by atoms with Gasteiger partial charge in [-0.3, -0.25) is 0 Å². The molecule has 1 atom stereocenters. The van der Waals surface area contributed by atoms with Crippen LogP contribution in [0.25, 0.3) is 0 Å². The van der Waals surface area contributed by atoms with E-state index < -0.39 is 0 Å². The third-order valence-corrected chi connectivity index (χ3v) is 3.68. The first kappa shape index (κ1) is 10.3. The van der Waals surface area contributed by atoms with Crippen LogP contribution in [0.3, 0.4) is 0 Å². The predicted molar refractivity (Wildman–Crippen MR) is 61.5 cm³/mol. The van der Waals surface area contributed by atoms with Crippen molar-refractivity contribution in [2.24, 2.45) is 0 Å². The van der Waals surface area contributed by atoms with Crippen LogP contribution in [0.4, 0.5) is 0 Å². The fourth-order valence-corrected chi connectivity index (χ4v) is 2.48. The smallest absolute Gasteiger partial charge is 0.126 e. The highest BCUT2D eigenvalue weighted by Gasteiger charge is 2.26. The number of ether oxygens (including phenoxy) is 1. The first-order chi connectivity index (χ1) is 7.84. The van der Waals surface area contributed by atoms with Crippen molar-refractivity contribution in [1.29, 1.82) is 0 Å². The molecule has 2 N–H and O–H groups in total. The maximum Gasteiger partial charge on any atom is 0.126 e. The molecule has 1 aromatic heterocycles. The average molecular weight is 221 g/mol. The largest absolute Gasteiger partial charge is 0.378 e. The maximum atomic E-state index is 5.46. The zero-order chi connectivity index (χ0) is 11.0. The molecule has 1 aromatic rings. The molecule has 2 fully saturated rings. The lowest BCUT2D eigenvalue weighted by molar-refractivity contribution is 0.0744. The quantitative estimate of drug-likeness (QED) is 0.798. The number of hydrogen-bond donors (Lipinski definition) is 2. The molecule has 4 nitrogen and oxygen atoms in total. The number of morpholine rings is 1. The number of rotatable bonds is 2. The minimum Gasteiger partial charge on any atom is -0.378 e. The van der Waals surface area contributed by atoms with Crippen LogP contribution < -0.4 is 5.32 Å². The van der Waals surface area contributed by atoms with Gasteiger partial charge in [-0.25, -0.2) is 4.98 Å². The van der Waals surface area contributed by atoms with E-state index in [0.29, 0.717) is 5.92 Å². The molecule has 1 saturated heterocycles. The first-order valence-electron chi connectivity index (χ1n) is 6.22. The van der Waals surface area contributed by atoms with Crippen molar-refractivity contribution in [2.75, 3.05) is 19.8 Å². The van der Waals surface area contributed by atoms with E-state index in [1.165, 1.54) is 30.7 Å². The molecule has 1 aliphatic heterocycles. The second kappa shape index (κ2) is 4.18. The summed E-state index contributed by atoms with van der Waals surface area (Å²) >= 11 is 0. The lowest BCUT2D eigenvalue weighted by Crippen LogP contribution is -2.35. The molecule has 0 aromatic carbocycles. The Balaban J connectivity index is 1.79. The molecular formula is C12H19N3O. The number of aromatic amines is 1. The summed E-state index contributed by atoms with van der Waals surface area (Å²) in [6.07, 6.45) is 3.97. The average Bonchev–Trinajstić information content (AvgIpc) is 2.60. The van der Waals surface area contributed by atoms with Gasteiger partial charge in [0.05, 0.1) is 24.9 Å². The summed E-state index contributed by atoms with van der Waals surface area (Å²) in [4.78, 5) is 8.17. The van der Waals surface area contributed by atoms with Crippen LogP contribution in [-0.4, -0.2) is 29.7 Å². The number of aromatic nitrogens is 2. The fraction of sp³-hybridized carbons (Fsp3) is 0.750. The first-order valence-corrected chi connectivity index (χ1v) is 6.22. The van der Waals surface area contributed by atoms with Crippen molar-refractivity contribution in [3.63, 3.8) is 0 Å². The second-order valence-corrected chi connectivity index (χ2v) is 4.84. The predicted octanol–water partition coefficient (Wildman–Crippen LogP) is 1.65. The van der Waals surface area contributed by atoms with Crippen molar-refractivity contribution in [3.05, 3.63) is 17.2 Å². The van der Waals surface area contributed by atoms with E-state index in [2.05, 4.69) is 17.2 Å². The normalized spacial score (nSPS) is 26.7. The summed E-state index contributed by atoms with van der Waals surface area (Å²) in [5, 5.41) is 3.43. The lowest BCUT2D eigenvalue weighted by atomic mass is 9.82. The second-order valence-electron chi connectivity index (χ2n) is 4.84. The zero-order valence-electron chi connectivity index (χ0n) is 9.75. The van der Waals surface area contributed by atoms with Crippen molar-refractivity contribution in [3.8, 4) is 0 Å². The topological polar surface area (TPSA) is 49.9 Å². The maximum absolute atomic E-state index is 5.46. The van der Waals surface area contributed by atoms with Crippen molar-refractivity contribution in [1.82, 2.24) is 15.3 Å². The Kier molecular flexibility index (Phi) is 2.69. The van der Waals surface area contributed by atoms with Gasteiger partial charge in [-0.2, -0.15) is 0 Å². The molecule has 1 aliphatic carbocycles. The van der Waals surface area contributed by atoms with Crippen LogP contribution in [-0.2, 0) is 4.74 Å². The van der Waals surface area contributed by atoms with E-state index in [-0.39, 0.29) is 6.04 Å². The monoisotopic (exact) mass is 221 g/mol. The molecule has 2 heterocycles. The van der Waals surface area contributed by atoms with Gasteiger partial charge in [0.2, 0.25) is 0 Å². The van der Waals surface area contributed by atoms with Crippen LogP contribution >= 0.6 is 0 Å². The SMILES string of the molecule is Cc1[nH]c(C2COCCN2)nc1C1CCC1. The Morgan fingerprint density at radius 1 is 1.38 bits per heavy atom. The summed E-state index contributed by atoms with van der Waals surface area (Å²) in [6, 6.07) is 0.251. The van der Waals surface area contributed by atoms with Crippen LogP contribution in [0, 0.1) is 6.92 Å². The van der Waals surface area contributed by atoms with Crippen molar-refractivity contribution >= 4 is 0 Å². The number of imidazole rings is 1. The van der Waals surface area contributed by atoms with E-state index in [4.69, 9.17) is 9.72 Å². The van der Waals surface area contributed by atoms with Gasteiger partial charge < -0.3 is 15.0 Å². The summed E-state index contributed by atoms with van der Waals surface area (Å²) in [6.45, 7) is 4.60. The molecule has 4 heteroatoms. The minimum absolute atomic E-state index is 0.251. The molecular weight excluding hydrogens is 202 g/mol. The molecule has 0 radical (unpaired) electrons. The highest BCUT2D eigenvalue weighted by atomic mass is 16.5. The molecule has 3 rings (SSSR count). The molecule has 1 saturated carbocycles. The zero-order valence-corrected chi connectivity index (χ0v) is 9.75. The summed E-state index contributed by atoms with van der Waals surface area (Å²) < 4.78 is 5.46. The molecule has 88 valence electrons. The van der Waals surface area contributed by atoms with Gasteiger partial charge in [0.25, 0.3) is 0 Å². The molecule has 1 unspecified atom stereocenters. The summed E-state index contributed by atoms with van der Waals surface area (Å²) in [7, 11) is 0. The Morgan fingerprint density at radius 3 is 2.88 bits per heavy atom. The Bertz CT molecular complexity index is 364. The Labute approximate surface area is 95.8 Å². The van der Waals surface area contributed by atoms with E-state index >= 15 is 0 Å². The van der Waals surface area contributed by atoms with Gasteiger partial charge in [-0.1, -0.05) is 6.42 Å². The third-order valence-electron chi connectivity index (χ3n) is 3.68. The minimum atomic E-state index is 0.251. The molecule has 2 aliphatic rings. The van der Waals surface area contributed by atoms with Gasteiger partial charge in [0, 0.05) is 18.2 Å². The summed E-state index contributed by atoms with van der Waals surface area (Å²) in [5.74, 6) is 1.76. The number of nitrogens with zero attached hydrogens (tertiary/aromatic N) is 1. The van der Waals surface area contributed by atoms with Crippen molar-refractivity contribution in [2.45, 2.75) is 38.1 Å². The Morgan fingerprint density at radius 2 is 2.25 bits per heavy atom. The standard InChI is InChI=1S/C12H19N3O/c1-8-11(9-3-2-4-9)15-12(14-8)10-7-16-6-5-13-10/h9-10,13H,2-7H2,1H3,(H,14,15). The van der Waals surface area contributed by atoms with Gasteiger partial charge in [0.1, 0.15) is 5.82 Å². The number of aryl methyl sites for hydroxylation is 1. The molecule has 0 bridgehead atoms. The fourth-order valence-electron chi connectivity index (χ4n) is 2.48. The highest BCUT2D eigenvalue weighted by molar-refractivity contribution is 5.21. The van der Waals surface area contributed by atoms with E-state index in [1.807, 2.05) is 0 Å². The summed E-state index contributed by atoms with van der Waals surface area (Å²) in [5.41, 5.74) is 2.53. The number of H-pyrrole nitrogens is 1. The van der Waals surface area contributed by atoms with E-state index in [1.54, 1.807) is 0 Å². The molecule has 16 heavy (non-hydrogen) atoms. The number of hydrogen-bond acceptors (Lipinski definition) is 3. The highest BCUT2D eigenvalue weighted by Crippen LogP contribution is 2.37. The van der Waals surface area contributed by atoms with Crippen LogP contribution in [0.1, 0.15) is 48.4 Å².